The Morgan fingerprint density at radius 3 is 2.77 bits per heavy atom. The third kappa shape index (κ3) is 3.30. The molecule has 0 bridgehead atoms. The summed E-state index contributed by atoms with van der Waals surface area (Å²) in [7, 11) is -4.01. The van der Waals surface area contributed by atoms with E-state index in [2.05, 4.69) is 5.32 Å². The number of halogens is 1. The molecule has 1 aliphatic heterocycles. The predicted molar refractivity (Wildman–Crippen MR) is 81.2 cm³/mol. The van der Waals surface area contributed by atoms with Gasteiger partial charge in [0.25, 0.3) is 0 Å². The maximum Gasteiger partial charge on any atom is 0.246 e. The van der Waals surface area contributed by atoms with Gasteiger partial charge in [-0.15, -0.1) is 0 Å². The summed E-state index contributed by atoms with van der Waals surface area (Å²) < 4.78 is 40.2. The monoisotopic (exact) mass is 328 g/mol. The molecule has 1 N–H and O–H groups in total. The van der Waals surface area contributed by atoms with Gasteiger partial charge in [-0.05, 0) is 38.3 Å². The topological polar surface area (TPSA) is 66.5 Å². The van der Waals surface area contributed by atoms with Gasteiger partial charge in [-0.1, -0.05) is 19.1 Å². The van der Waals surface area contributed by atoms with Crippen molar-refractivity contribution in [2.24, 2.45) is 0 Å². The molecule has 1 saturated heterocycles. The Bertz CT molecular complexity index is 648. The van der Waals surface area contributed by atoms with Gasteiger partial charge in [0.1, 0.15) is 16.8 Å². The molecule has 2 atom stereocenters. The van der Waals surface area contributed by atoms with Gasteiger partial charge < -0.3 is 5.32 Å². The second kappa shape index (κ2) is 6.75. The van der Waals surface area contributed by atoms with Crippen molar-refractivity contribution >= 4 is 15.9 Å². The minimum absolute atomic E-state index is 0.0221. The average Bonchev–Trinajstić information content (AvgIpc) is 2.97. The van der Waals surface area contributed by atoms with E-state index >= 15 is 0 Å². The maximum atomic E-state index is 13.8. The van der Waals surface area contributed by atoms with Crippen molar-refractivity contribution in [3.63, 3.8) is 0 Å². The lowest BCUT2D eigenvalue weighted by molar-refractivity contribution is -0.124. The van der Waals surface area contributed by atoms with Crippen LogP contribution in [0.2, 0.25) is 0 Å². The summed E-state index contributed by atoms with van der Waals surface area (Å²) in [6, 6.07) is 4.46. The number of carbonyl (C=O) groups excluding carboxylic acids is 1. The number of amides is 1. The summed E-state index contributed by atoms with van der Waals surface area (Å²) in [5.41, 5.74) is 0. The van der Waals surface area contributed by atoms with Crippen molar-refractivity contribution < 1.29 is 17.6 Å². The summed E-state index contributed by atoms with van der Waals surface area (Å²) in [4.78, 5) is 11.9. The molecule has 0 radical (unpaired) electrons. The third-order valence-corrected chi connectivity index (χ3v) is 5.87. The number of nitrogens with one attached hydrogen (secondary N) is 1. The van der Waals surface area contributed by atoms with Crippen molar-refractivity contribution in [1.29, 1.82) is 0 Å². The molecule has 5 nitrogen and oxygen atoms in total. The van der Waals surface area contributed by atoms with E-state index in [0.717, 1.165) is 16.8 Å². The van der Waals surface area contributed by atoms with Crippen molar-refractivity contribution in [2.45, 2.75) is 50.1 Å². The molecular formula is C15H21FN2O3S. The van der Waals surface area contributed by atoms with E-state index in [4.69, 9.17) is 0 Å². The molecule has 0 spiro atoms. The fourth-order valence-corrected chi connectivity index (χ4v) is 4.23. The van der Waals surface area contributed by atoms with Gasteiger partial charge in [0.05, 0.1) is 0 Å². The number of hydrogen-bond acceptors (Lipinski definition) is 3. The largest absolute Gasteiger partial charge is 0.352 e. The Labute approximate surface area is 130 Å². The van der Waals surface area contributed by atoms with Crippen LogP contribution >= 0.6 is 0 Å². The van der Waals surface area contributed by atoms with Gasteiger partial charge in [-0.2, -0.15) is 4.31 Å². The molecule has 22 heavy (non-hydrogen) atoms. The van der Waals surface area contributed by atoms with Gasteiger partial charge in [0.15, 0.2) is 0 Å². The van der Waals surface area contributed by atoms with Gasteiger partial charge >= 0.3 is 0 Å². The van der Waals surface area contributed by atoms with E-state index in [1.54, 1.807) is 0 Å². The number of hydrogen-bond donors (Lipinski definition) is 1. The zero-order valence-electron chi connectivity index (χ0n) is 12.8. The maximum absolute atomic E-state index is 13.8. The molecule has 0 saturated carbocycles. The molecule has 122 valence electrons. The number of benzene rings is 1. The van der Waals surface area contributed by atoms with Crippen LogP contribution in [0, 0.1) is 5.82 Å². The highest BCUT2D eigenvalue weighted by atomic mass is 32.2. The van der Waals surface area contributed by atoms with Crippen LogP contribution in [0.25, 0.3) is 0 Å². The standard InChI is InChI=1S/C15H21FN2O3S/c1-3-11(2)17-15(19)13-8-6-10-18(13)22(20,21)14-9-5-4-7-12(14)16/h4-5,7,9,11,13H,3,6,8,10H2,1-2H3,(H,17,19)/t11-,13-/m1/s1. The van der Waals surface area contributed by atoms with Crippen LogP contribution in [-0.4, -0.2) is 37.3 Å². The van der Waals surface area contributed by atoms with E-state index in [-0.39, 0.29) is 23.4 Å². The minimum atomic E-state index is -4.01. The first-order chi connectivity index (χ1) is 10.4. The van der Waals surface area contributed by atoms with Crippen LogP contribution in [-0.2, 0) is 14.8 Å². The highest BCUT2D eigenvalue weighted by molar-refractivity contribution is 7.89. The van der Waals surface area contributed by atoms with E-state index < -0.39 is 21.9 Å². The third-order valence-electron chi connectivity index (χ3n) is 3.93. The summed E-state index contributed by atoms with van der Waals surface area (Å²) in [5, 5.41) is 2.80. The Hall–Kier alpha value is -1.47. The summed E-state index contributed by atoms with van der Waals surface area (Å²) in [5.74, 6) is -1.11. The van der Waals surface area contributed by atoms with Crippen LogP contribution in [0.4, 0.5) is 4.39 Å². The molecule has 0 aliphatic carbocycles. The van der Waals surface area contributed by atoms with Gasteiger partial charge in [-0.25, -0.2) is 12.8 Å². The lowest BCUT2D eigenvalue weighted by atomic mass is 10.2. The molecule has 1 fully saturated rings. The normalized spacial score (nSPS) is 20.8. The molecule has 2 rings (SSSR count). The van der Waals surface area contributed by atoms with Crippen LogP contribution in [0.3, 0.4) is 0 Å². The highest BCUT2D eigenvalue weighted by Gasteiger charge is 2.40. The summed E-state index contributed by atoms with van der Waals surface area (Å²) in [6.45, 7) is 4.03. The van der Waals surface area contributed by atoms with Crippen LogP contribution in [0.15, 0.2) is 29.2 Å². The van der Waals surface area contributed by atoms with Crippen molar-refractivity contribution in [3.8, 4) is 0 Å². The molecule has 1 aromatic rings. The predicted octanol–water partition coefficient (Wildman–Crippen LogP) is 1.89. The molecule has 7 heteroatoms. The fourth-order valence-electron chi connectivity index (χ4n) is 2.51. The van der Waals surface area contributed by atoms with Crippen LogP contribution in [0.5, 0.6) is 0 Å². The Morgan fingerprint density at radius 2 is 2.14 bits per heavy atom. The van der Waals surface area contributed by atoms with Crippen molar-refractivity contribution in [1.82, 2.24) is 9.62 Å². The average molecular weight is 328 g/mol. The lowest BCUT2D eigenvalue weighted by Crippen LogP contribution is -2.48. The van der Waals surface area contributed by atoms with Crippen LogP contribution < -0.4 is 5.32 Å². The minimum Gasteiger partial charge on any atom is -0.352 e. The first kappa shape index (κ1) is 16.9. The number of nitrogens with zero attached hydrogens (tertiary/aromatic N) is 1. The SMILES string of the molecule is CC[C@@H](C)NC(=O)[C@H]1CCCN1S(=O)(=O)c1ccccc1F. The lowest BCUT2D eigenvalue weighted by Gasteiger charge is -2.24. The highest BCUT2D eigenvalue weighted by Crippen LogP contribution is 2.27. The molecule has 1 amide bonds. The molecule has 0 unspecified atom stereocenters. The van der Waals surface area contributed by atoms with Gasteiger partial charge in [0.2, 0.25) is 15.9 Å². The van der Waals surface area contributed by atoms with Crippen molar-refractivity contribution in [3.05, 3.63) is 30.1 Å². The molecule has 0 aromatic heterocycles. The number of rotatable bonds is 5. The summed E-state index contributed by atoms with van der Waals surface area (Å²) in [6.07, 6.45) is 1.81. The second-order valence-corrected chi connectivity index (χ2v) is 7.38. The molecule has 1 heterocycles. The summed E-state index contributed by atoms with van der Waals surface area (Å²) >= 11 is 0. The Kier molecular flexibility index (Phi) is 5.18. The zero-order chi connectivity index (χ0) is 16.3. The van der Waals surface area contributed by atoms with E-state index in [0.29, 0.717) is 12.8 Å². The Morgan fingerprint density at radius 1 is 1.45 bits per heavy atom. The van der Waals surface area contributed by atoms with Crippen LogP contribution in [0.1, 0.15) is 33.1 Å². The fraction of sp³-hybridized carbons (Fsp3) is 0.533. The number of carbonyl (C=O) groups is 1. The van der Waals surface area contributed by atoms with E-state index in [1.165, 1.54) is 18.2 Å². The first-order valence-corrected chi connectivity index (χ1v) is 8.88. The smallest absolute Gasteiger partial charge is 0.246 e. The van der Waals surface area contributed by atoms with E-state index in [9.17, 15) is 17.6 Å². The molecule has 1 aromatic carbocycles. The number of sulfonamides is 1. The zero-order valence-corrected chi connectivity index (χ0v) is 13.6. The van der Waals surface area contributed by atoms with E-state index in [1.807, 2.05) is 13.8 Å². The Balaban J connectivity index is 2.27. The van der Waals surface area contributed by atoms with Gasteiger partial charge in [0, 0.05) is 12.6 Å². The van der Waals surface area contributed by atoms with Gasteiger partial charge in [-0.3, -0.25) is 4.79 Å². The molecule has 1 aliphatic rings. The quantitative estimate of drug-likeness (QED) is 0.897. The molecular weight excluding hydrogens is 307 g/mol. The first-order valence-electron chi connectivity index (χ1n) is 7.44. The van der Waals surface area contributed by atoms with Crippen molar-refractivity contribution in [2.75, 3.05) is 6.54 Å². The second-order valence-electron chi connectivity index (χ2n) is 5.52.